The van der Waals surface area contributed by atoms with Crippen LogP contribution in [0.25, 0.3) is 0 Å². The summed E-state index contributed by atoms with van der Waals surface area (Å²) in [6.07, 6.45) is -0.626. The smallest absolute Gasteiger partial charge is 0.416 e. The Hall–Kier alpha value is -3.16. The maximum absolute atomic E-state index is 13.8. The zero-order valence-electron chi connectivity index (χ0n) is 17.4. The number of ether oxygens (including phenoxy) is 1. The van der Waals surface area contributed by atoms with Gasteiger partial charge in [0, 0.05) is 9.50 Å². The number of benzene rings is 3. The summed E-state index contributed by atoms with van der Waals surface area (Å²) in [6.45, 7) is 0.407. The van der Waals surface area contributed by atoms with Crippen molar-refractivity contribution in [1.29, 1.82) is 0 Å². The number of hydrogen-bond acceptors (Lipinski definition) is 5. The first-order chi connectivity index (χ1) is 16.0. The first-order valence-electron chi connectivity index (χ1n) is 10.5. The summed E-state index contributed by atoms with van der Waals surface area (Å²) in [5.41, 5.74) is 3.27. The maximum Gasteiger partial charge on any atom is 0.416 e. The monoisotopic (exact) mass is 523 g/mol. The molecule has 0 aromatic heterocycles. The molecule has 2 aliphatic heterocycles. The van der Waals surface area contributed by atoms with Crippen molar-refractivity contribution in [2.75, 3.05) is 18.2 Å². The average Bonchev–Trinajstić information content (AvgIpc) is 3.44. The maximum atomic E-state index is 13.8. The van der Waals surface area contributed by atoms with Crippen molar-refractivity contribution in [3.05, 3.63) is 99.5 Å². The number of carbonyl (C=O) groups is 2. The molecule has 2 atom stereocenters. The first-order valence-corrected chi connectivity index (χ1v) is 11.6. The van der Waals surface area contributed by atoms with Gasteiger partial charge in [0.05, 0.1) is 23.9 Å². The van der Waals surface area contributed by atoms with Gasteiger partial charge in [-0.2, -0.15) is 5.10 Å². The molecule has 0 aliphatic carbocycles. The van der Waals surface area contributed by atoms with E-state index in [1.807, 2.05) is 66.7 Å². The minimum Gasteiger partial charge on any atom is -0.447 e. The van der Waals surface area contributed by atoms with Gasteiger partial charge in [-0.3, -0.25) is 9.80 Å². The van der Waals surface area contributed by atoms with E-state index in [1.165, 1.54) is 4.90 Å². The van der Waals surface area contributed by atoms with Gasteiger partial charge in [0.1, 0.15) is 12.6 Å². The van der Waals surface area contributed by atoms with Gasteiger partial charge in [0.25, 0.3) is 5.91 Å². The van der Waals surface area contributed by atoms with Gasteiger partial charge < -0.3 is 4.74 Å². The largest absolute Gasteiger partial charge is 0.447 e. The summed E-state index contributed by atoms with van der Waals surface area (Å²) in [6, 6.07) is 24.0. The molecular weight excluding hydrogens is 506 g/mol. The predicted octanol–water partition coefficient (Wildman–Crippen LogP) is 5.46. The third kappa shape index (κ3) is 4.14. The average molecular weight is 525 g/mol. The van der Waals surface area contributed by atoms with Crippen LogP contribution in [0.1, 0.15) is 17.0 Å². The van der Waals surface area contributed by atoms with Crippen molar-refractivity contribution in [3.8, 4) is 0 Å². The molecular formula is C25H19BrClN3O3. The van der Waals surface area contributed by atoms with Crippen molar-refractivity contribution in [3.63, 3.8) is 0 Å². The minimum absolute atomic E-state index is 0.188. The number of cyclic esters (lactones) is 1. The number of anilines is 1. The number of nitrogens with zero attached hydrogens (tertiary/aromatic N) is 3. The van der Waals surface area contributed by atoms with E-state index in [0.29, 0.717) is 5.02 Å². The molecule has 0 unspecified atom stereocenters. The lowest BCUT2D eigenvalue weighted by molar-refractivity contribution is -0.129. The molecule has 0 saturated carbocycles. The van der Waals surface area contributed by atoms with Crippen LogP contribution < -0.4 is 5.01 Å². The lowest BCUT2D eigenvalue weighted by atomic mass is 9.84. The second-order valence-corrected chi connectivity index (χ2v) is 9.10. The zero-order valence-corrected chi connectivity index (χ0v) is 19.7. The number of rotatable bonds is 4. The van der Waals surface area contributed by atoms with Crippen molar-refractivity contribution < 1.29 is 14.3 Å². The van der Waals surface area contributed by atoms with Crippen molar-refractivity contribution in [2.45, 2.75) is 12.0 Å². The molecule has 0 spiro atoms. The highest BCUT2D eigenvalue weighted by molar-refractivity contribution is 9.10. The van der Waals surface area contributed by atoms with Crippen LogP contribution in [-0.4, -0.2) is 41.8 Å². The number of hydrogen-bond donors (Lipinski definition) is 0. The van der Waals surface area contributed by atoms with Crippen LogP contribution in [0.15, 0.2) is 88.4 Å². The summed E-state index contributed by atoms with van der Waals surface area (Å²) in [5.74, 6) is -0.774. The molecule has 33 heavy (non-hydrogen) atoms. The molecule has 5 rings (SSSR count). The fourth-order valence-corrected chi connectivity index (χ4v) is 4.59. The van der Waals surface area contributed by atoms with E-state index in [4.69, 9.17) is 21.4 Å². The molecule has 6 nitrogen and oxygen atoms in total. The van der Waals surface area contributed by atoms with Gasteiger partial charge in [0.15, 0.2) is 0 Å². The van der Waals surface area contributed by atoms with E-state index in [0.717, 1.165) is 27.0 Å². The highest BCUT2D eigenvalue weighted by Crippen LogP contribution is 2.39. The molecule has 2 aliphatic rings. The van der Waals surface area contributed by atoms with Crippen LogP contribution in [0, 0.1) is 0 Å². The topological polar surface area (TPSA) is 62.2 Å². The van der Waals surface area contributed by atoms with E-state index in [1.54, 1.807) is 17.1 Å². The van der Waals surface area contributed by atoms with E-state index in [9.17, 15) is 9.59 Å². The Morgan fingerprint density at radius 2 is 1.70 bits per heavy atom. The Labute approximate surface area is 204 Å². The number of carbonyl (C=O) groups excluding carboxylic acids is 2. The van der Waals surface area contributed by atoms with Gasteiger partial charge in [-0.25, -0.2) is 9.69 Å². The Bertz CT molecular complexity index is 1220. The highest BCUT2D eigenvalue weighted by atomic mass is 79.9. The standard InChI is InChI=1S/C25H19BrClN3O3/c26-18-8-12-20(13-9-18)30-23(24(31)29-14-15-33-25(29)32)21(16-6-10-19(27)11-7-16)22(28-30)17-4-2-1-3-5-17/h1-13,21,23H,14-15H2/t21-,23-/m0/s1. The van der Waals surface area contributed by atoms with E-state index in [-0.39, 0.29) is 19.1 Å². The number of halogens is 2. The lowest BCUT2D eigenvalue weighted by Crippen LogP contribution is -2.48. The molecule has 0 N–H and O–H groups in total. The molecule has 166 valence electrons. The van der Waals surface area contributed by atoms with Crippen LogP contribution in [0.3, 0.4) is 0 Å². The van der Waals surface area contributed by atoms with Gasteiger partial charge in [-0.05, 0) is 47.5 Å². The Kier molecular flexibility index (Phi) is 5.91. The van der Waals surface area contributed by atoms with E-state index in [2.05, 4.69) is 15.9 Å². The highest BCUT2D eigenvalue weighted by Gasteiger charge is 2.48. The summed E-state index contributed by atoms with van der Waals surface area (Å²) in [5, 5.41) is 7.25. The molecule has 3 aromatic rings. The van der Waals surface area contributed by atoms with E-state index < -0.39 is 18.1 Å². The summed E-state index contributed by atoms with van der Waals surface area (Å²) in [7, 11) is 0. The minimum atomic E-state index is -0.770. The molecule has 2 amide bonds. The van der Waals surface area contributed by atoms with Gasteiger partial charge in [-0.15, -0.1) is 0 Å². The fourth-order valence-electron chi connectivity index (χ4n) is 4.20. The van der Waals surface area contributed by atoms with Crippen LogP contribution in [0.2, 0.25) is 5.02 Å². The van der Waals surface area contributed by atoms with Crippen LogP contribution in [-0.2, 0) is 9.53 Å². The Morgan fingerprint density at radius 3 is 2.33 bits per heavy atom. The summed E-state index contributed by atoms with van der Waals surface area (Å²) in [4.78, 5) is 27.3. The molecule has 2 heterocycles. The predicted molar refractivity (Wildman–Crippen MR) is 131 cm³/mol. The van der Waals surface area contributed by atoms with Gasteiger partial charge >= 0.3 is 6.09 Å². The van der Waals surface area contributed by atoms with Crippen LogP contribution >= 0.6 is 27.5 Å². The van der Waals surface area contributed by atoms with Crippen molar-refractivity contribution in [2.24, 2.45) is 5.10 Å². The van der Waals surface area contributed by atoms with Gasteiger partial charge in [0.2, 0.25) is 0 Å². The Morgan fingerprint density at radius 1 is 1.00 bits per heavy atom. The van der Waals surface area contributed by atoms with Crippen LogP contribution in [0.4, 0.5) is 10.5 Å². The SMILES string of the molecule is O=C1OCCN1C(=O)[C@@H]1[C@@H](c2ccc(Cl)cc2)C(c2ccccc2)=NN1c1ccc(Br)cc1. The van der Waals surface area contributed by atoms with Crippen molar-refractivity contribution >= 4 is 50.9 Å². The number of hydrazone groups is 1. The zero-order chi connectivity index (χ0) is 22.9. The Balaban J connectivity index is 1.67. The van der Waals surface area contributed by atoms with Crippen LogP contribution in [0.5, 0.6) is 0 Å². The molecule has 0 radical (unpaired) electrons. The van der Waals surface area contributed by atoms with Gasteiger partial charge in [-0.1, -0.05) is 70.0 Å². The molecule has 8 heteroatoms. The first kappa shape index (κ1) is 21.7. The van der Waals surface area contributed by atoms with E-state index >= 15 is 0 Å². The lowest BCUT2D eigenvalue weighted by Gasteiger charge is -2.29. The molecule has 1 fully saturated rings. The summed E-state index contributed by atoms with van der Waals surface area (Å²) < 4.78 is 5.97. The third-order valence-corrected chi connectivity index (χ3v) is 6.54. The summed E-state index contributed by atoms with van der Waals surface area (Å²) >= 11 is 9.61. The second kappa shape index (κ2) is 9.00. The molecule has 0 bridgehead atoms. The molecule has 1 saturated heterocycles. The molecule has 3 aromatic carbocycles. The second-order valence-electron chi connectivity index (χ2n) is 7.75. The van der Waals surface area contributed by atoms with Crippen molar-refractivity contribution in [1.82, 2.24) is 4.90 Å². The normalized spacial score (nSPS) is 20.1. The number of amides is 2. The third-order valence-electron chi connectivity index (χ3n) is 5.76. The fraction of sp³-hybridized carbons (Fsp3) is 0.160. The quantitative estimate of drug-likeness (QED) is 0.455. The number of imide groups is 1.